The molecule has 14 heteroatoms. The van der Waals surface area contributed by atoms with Crippen molar-refractivity contribution in [2.24, 2.45) is 0 Å². The van der Waals surface area contributed by atoms with E-state index < -0.39 is 31.6 Å². The van der Waals surface area contributed by atoms with Gasteiger partial charge in [-0.15, -0.1) is 0 Å². The van der Waals surface area contributed by atoms with Crippen LogP contribution in [0.5, 0.6) is 11.6 Å². The van der Waals surface area contributed by atoms with Crippen molar-refractivity contribution in [1.29, 1.82) is 0 Å². The average Bonchev–Trinajstić information content (AvgIpc) is 3.32. The number of aromatic nitrogens is 1. The van der Waals surface area contributed by atoms with E-state index in [9.17, 15) is 21.9 Å². The Morgan fingerprint density at radius 1 is 1.20 bits per heavy atom. The van der Waals surface area contributed by atoms with Crippen molar-refractivity contribution < 1.29 is 36.2 Å². The summed E-state index contributed by atoms with van der Waals surface area (Å²) in [5.74, 6) is 0.880. The zero-order chi connectivity index (χ0) is 29.3. The molecule has 3 aliphatic heterocycles. The Morgan fingerprint density at radius 3 is 2.73 bits per heavy atom. The number of nitrogens with zero attached hydrogens (tertiary/aromatic N) is 3. The van der Waals surface area contributed by atoms with Gasteiger partial charge in [-0.25, -0.2) is 21.8 Å². The third-order valence-electron chi connectivity index (χ3n) is 7.78. The van der Waals surface area contributed by atoms with E-state index in [0.29, 0.717) is 75.1 Å². The van der Waals surface area contributed by atoms with Crippen LogP contribution in [0.2, 0.25) is 0 Å². The molecule has 2 atom stereocenters. The van der Waals surface area contributed by atoms with Crippen LogP contribution in [0.15, 0.2) is 41.4 Å². The summed E-state index contributed by atoms with van der Waals surface area (Å²) in [4.78, 5) is 6.34. The van der Waals surface area contributed by atoms with Crippen molar-refractivity contribution in [3.05, 3.63) is 42.1 Å². The van der Waals surface area contributed by atoms with Crippen molar-refractivity contribution in [3.63, 3.8) is 0 Å². The first-order valence-electron chi connectivity index (χ1n) is 13.7. The van der Waals surface area contributed by atoms with Crippen molar-refractivity contribution in [3.8, 4) is 11.6 Å². The lowest BCUT2D eigenvalue weighted by atomic mass is 9.88. The number of nitrogens with one attached hydrogen (secondary N) is 1. The second-order valence-corrected chi connectivity index (χ2v) is 15.2. The Morgan fingerprint density at radius 2 is 1.98 bits per heavy atom. The summed E-state index contributed by atoms with van der Waals surface area (Å²) in [7, 11) is -4.96. The molecule has 226 valence electrons. The molecular formula is C27H38N4O8S2. The van der Waals surface area contributed by atoms with E-state index in [-0.39, 0.29) is 23.3 Å². The van der Waals surface area contributed by atoms with Gasteiger partial charge in [-0.05, 0) is 43.0 Å². The van der Waals surface area contributed by atoms with E-state index in [2.05, 4.69) is 10.3 Å². The van der Waals surface area contributed by atoms with Gasteiger partial charge in [-0.2, -0.15) is 4.31 Å². The number of likely N-dealkylation sites (N-methyl/N-ethyl adjacent to an activating group) is 1. The molecule has 0 bridgehead atoms. The molecule has 0 radical (unpaired) electrons. The van der Waals surface area contributed by atoms with Crippen LogP contribution in [0.4, 0.5) is 5.69 Å². The topological polar surface area (TPSA) is 148 Å². The number of aliphatic hydroxyl groups is 1. The lowest BCUT2D eigenvalue weighted by Gasteiger charge is -2.38. The molecule has 3 aliphatic rings. The van der Waals surface area contributed by atoms with Gasteiger partial charge in [-0.1, -0.05) is 12.1 Å². The Hall–Kier alpha value is -2.49. The maximum Gasteiger partial charge on any atom is 0.244 e. The Kier molecular flexibility index (Phi) is 8.79. The number of sulfonamides is 1. The number of sulfone groups is 1. The number of aliphatic hydroxyl groups excluding tert-OH is 1. The fourth-order valence-electron chi connectivity index (χ4n) is 5.54. The smallest absolute Gasteiger partial charge is 0.244 e. The monoisotopic (exact) mass is 610 g/mol. The van der Waals surface area contributed by atoms with Gasteiger partial charge in [-0.3, -0.25) is 0 Å². The molecule has 2 N–H and O–H groups in total. The minimum absolute atomic E-state index is 0.0336. The van der Waals surface area contributed by atoms with Crippen molar-refractivity contribution in [2.45, 2.75) is 47.7 Å². The third-order valence-corrected chi connectivity index (χ3v) is 10.5. The van der Waals surface area contributed by atoms with E-state index in [0.717, 1.165) is 6.42 Å². The number of rotatable bonds is 10. The summed E-state index contributed by atoms with van der Waals surface area (Å²) in [6.45, 7) is 2.73. The summed E-state index contributed by atoms with van der Waals surface area (Å²) in [5.41, 5.74) is 0.909. The molecule has 12 nitrogen and oxygen atoms in total. The van der Waals surface area contributed by atoms with Crippen molar-refractivity contribution in [1.82, 2.24) is 14.6 Å². The van der Waals surface area contributed by atoms with E-state index in [4.69, 9.17) is 14.2 Å². The minimum atomic E-state index is -3.70. The number of ether oxygens (including phenoxy) is 3. The number of piperidine rings is 1. The first-order valence-corrected chi connectivity index (χ1v) is 17.2. The molecule has 2 aromatic rings. The van der Waals surface area contributed by atoms with Crippen molar-refractivity contribution in [2.75, 3.05) is 64.2 Å². The lowest BCUT2D eigenvalue weighted by Crippen LogP contribution is -2.47. The van der Waals surface area contributed by atoms with Crippen LogP contribution in [0.25, 0.3) is 0 Å². The molecule has 1 aromatic carbocycles. The predicted octanol–water partition coefficient (Wildman–Crippen LogP) is 0.797. The van der Waals surface area contributed by atoms with Gasteiger partial charge in [0.25, 0.3) is 0 Å². The van der Waals surface area contributed by atoms with Gasteiger partial charge in [0.1, 0.15) is 35.7 Å². The quantitative estimate of drug-likeness (QED) is 0.394. The van der Waals surface area contributed by atoms with Crippen LogP contribution in [0, 0.1) is 0 Å². The SMILES string of the molecule is CN1CCOc2ncc(S(=O)(=O)N3CCC4(CC3)CC(NCC(O)COc3cccc(CS(C)(=O)=O)c3)CO4)cc21. The minimum Gasteiger partial charge on any atom is -0.491 e. The molecule has 1 aromatic heterocycles. The first-order chi connectivity index (χ1) is 19.4. The van der Waals surface area contributed by atoms with Gasteiger partial charge in [0.15, 0.2) is 9.84 Å². The van der Waals surface area contributed by atoms with E-state index in [1.165, 1.54) is 16.8 Å². The molecule has 0 saturated carbocycles. The summed E-state index contributed by atoms with van der Waals surface area (Å²) in [6, 6.07) is 8.50. The molecular weight excluding hydrogens is 572 g/mol. The van der Waals surface area contributed by atoms with Gasteiger partial charge >= 0.3 is 0 Å². The van der Waals surface area contributed by atoms with Crippen molar-refractivity contribution >= 4 is 25.5 Å². The molecule has 4 heterocycles. The van der Waals surface area contributed by atoms with Gasteiger partial charge in [0.05, 0.1) is 30.7 Å². The number of benzene rings is 1. The highest BCUT2D eigenvalue weighted by atomic mass is 32.2. The molecule has 41 heavy (non-hydrogen) atoms. The Labute approximate surface area is 241 Å². The lowest BCUT2D eigenvalue weighted by molar-refractivity contribution is -0.0312. The van der Waals surface area contributed by atoms with Crippen LogP contribution in [0.1, 0.15) is 24.8 Å². The first kappa shape index (κ1) is 30.0. The maximum atomic E-state index is 13.4. The zero-order valence-corrected chi connectivity index (χ0v) is 25.0. The zero-order valence-electron chi connectivity index (χ0n) is 23.4. The number of hydrogen-bond acceptors (Lipinski definition) is 11. The normalized spacial score (nSPS) is 21.8. The summed E-state index contributed by atoms with van der Waals surface area (Å²) in [5, 5.41) is 13.8. The third kappa shape index (κ3) is 7.30. The van der Waals surface area contributed by atoms with Crippen LogP contribution in [0.3, 0.4) is 0 Å². The molecule has 2 fully saturated rings. The van der Waals surface area contributed by atoms with Crippen LogP contribution in [-0.2, 0) is 30.4 Å². The highest BCUT2D eigenvalue weighted by Crippen LogP contribution is 2.38. The molecule has 0 amide bonds. The number of pyridine rings is 1. The van der Waals surface area contributed by atoms with Crippen LogP contribution in [-0.4, -0.2) is 108 Å². The second kappa shape index (κ2) is 12.0. The maximum absolute atomic E-state index is 13.4. The van der Waals surface area contributed by atoms with E-state index in [1.807, 2.05) is 11.9 Å². The van der Waals surface area contributed by atoms with Crippen LogP contribution >= 0.6 is 0 Å². The average molecular weight is 611 g/mol. The summed E-state index contributed by atoms with van der Waals surface area (Å²) in [6.07, 6.45) is 3.67. The highest BCUT2D eigenvalue weighted by Gasteiger charge is 2.45. The van der Waals surface area contributed by atoms with Gasteiger partial charge < -0.3 is 29.5 Å². The fraction of sp³-hybridized carbons (Fsp3) is 0.593. The van der Waals surface area contributed by atoms with Gasteiger partial charge in [0, 0.05) is 39.0 Å². The number of hydrogen-bond donors (Lipinski definition) is 2. The Balaban J connectivity index is 1.08. The molecule has 2 saturated heterocycles. The molecule has 5 rings (SSSR count). The standard InChI is InChI=1S/C27H38N4O8S2/c1-30-10-11-37-26-25(30)13-24(16-29-26)41(35,36)31-8-6-27(7-9-31)14-21(17-39-27)28-15-22(32)18-38-23-5-3-4-20(12-23)19-40(2,33)34/h3-5,12-13,16,21-22,28,32H,6-11,14-15,17-19H2,1-2H3. The summed E-state index contributed by atoms with van der Waals surface area (Å²) < 4.78 is 68.7. The molecule has 1 spiro atoms. The number of fused-ring (bicyclic) bond motifs is 1. The predicted molar refractivity (Wildman–Crippen MR) is 153 cm³/mol. The Bertz CT molecular complexity index is 1440. The molecule has 2 unspecified atom stereocenters. The highest BCUT2D eigenvalue weighted by molar-refractivity contribution is 7.90. The van der Waals surface area contributed by atoms with E-state index >= 15 is 0 Å². The van der Waals surface area contributed by atoms with E-state index in [1.54, 1.807) is 30.3 Å². The second-order valence-electron chi connectivity index (χ2n) is 11.2. The largest absolute Gasteiger partial charge is 0.491 e. The van der Waals surface area contributed by atoms with Crippen LogP contribution < -0.4 is 19.7 Å². The fourth-order valence-corrected chi connectivity index (χ4v) is 7.73. The van der Waals surface area contributed by atoms with Gasteiger partial charge in [0.2, 0.25) is 15.9 Å². The summed E-state index contributed by atoms with van der Waals surface area (Å²) >= 11 is 0. The number of anilines is 1. The molecule has 0 aliphatic carbocycles.